The van der Waals surface area contributed by atoms with E-state index in [1.807, 2.05) is 23.3 Å². The van der Waals surface area contributed by atoms with Gasteiger partial charge in [0, 0.05) is 22.9 Å². The normalized spacial score (nSPS) is 23.4. The van der Waals surface area contributed by atoms with Gasteiger partial charge < -0.3 is 5.73 Å². The van der Waals surface area contributed by atoms with Gasteiger partial charge in [0.15, 0.2) is 0 Å². The van der Waals surface area contributed by atoms with E-state index in [1.165, 1.54) is 24.0 Å². The molecule has 1 aromatic carbocycles. The molecule has 18 heavy (non-hydrogen) atoms. The van der Waals surface area contributed by atoms with Crippen LogP contribution < -0.4 is 5.73 Å². The van der Waals surface area contributed by atoms with Crippen LogP contribution in [-0.4, -0.2) is 10.2 Å². The summed E-state index contributed by atoms with van der Waals surface area (Å²) in [7, 11) is 0. The van der Waals surface area contributed by atoms with Crippen molar-refractivity contribution in [1.82, 2.24) is 4.98 Å². The number of thioether (sulfide) groups is 1. The zero-order chi connectivity index (χ0) is 12.4. The molecule has 94 valence electrons. The molecule has 0 spiro atoms. The summed E-state index contributed by atoms with van der Waals surface area (Å²) in [6, 6.07) is 8.72. The summed E-state index contributed by atoms with van der Waals surface area (Å²) in [5.41, 5.74) is 9.21. The fourth-order valence-corrected chi connectivity index (χ4v) is 4.57. The maximum absolute atomic E-state index is 6.46. The highest BCUT2D eigenvalue weighted by atomic mass is 32.2. The molecule has 1 aromatic heterocycles. The summed E-state index contributed by atoms with van der Waals surface area (Å²) >= 11 is 3.54. The van der Waals surface area contributed by atoms with Crippen LogP contribution in [0.25, 0.3) is 0 Å². The Morgan fingerprint density at radius 3 is 3.06 bits per heavy atom. The topological polar surface area (TPSA) is 38.9 Å². The van der Waals surface area contributed by atoms with E-state index in [4.69, 9.17) is 5.73 Å². The van der Waals surface area contributed by atoms with Crippen molar-refractivity contribution in [3.63, 3.8) is 0 Å². The minimum absolute atomic E-state index is 0.123. The molecule has 0 amide bonds. The number of nitrogens with zero attached hydrogens (tertiary/aromatic N) is 1. The van der Waals surface area contributed by atoms with Crippen LogP contribution in [0, 0.1) is 0 Å². The maximum Gasteiger partial charge on any atom is 0.150 e. The van der Waals surface area contributed by atoms with Crippen LogP contribution in [0.1, 0.15) is 30.0 Å². The Labute approximate surface area is 116 Å². The molecule has 0 saturated carbocycles. The fraction of sp³-hybridized carbons (Fsp3) is 0.357. The number of aryl methyl sites for hydroxylation is 1. The Hall–Kier alpha value is -0.840. The number of nitrogens with two attached hydrogens (primary N) is 1. The molecule has 0 fully saturated rings. The minimum Gasteiger partial charge on any atom is -0.323 e. The van der Waals surface area contributed by atoms with Crippen molar-refractivity contribution < 1.29 is 0 Å². The van der Waals surface area contributed by atoms with E-state index >= 15 is 0 Å². The molecule has 1 aliphatic carbocycles. The highest BCUT2D eigenvalue weighted by molar-refractivity contribution is 8.01. The average molecular weight is 276 g/mol. The molecule has 0 radical (unpaired) electrons. The van der Waals surface area contributed by atoms with Gasteiger partial charge in [-0.1, -0.05) is 36.0 Å². The molecule has 0 bridgehead atoms. The molecule has 4 heteroatoms. The average Bonchev–Trinajstić information content (AvgIpc) is 2.85. The van der Waals surface area contributed by atoms with Gasteiger partial charge in [0.05, 0.1) is 0 Å². The first-order valence-corrected chi connectivity index (χ1v) is 8.00. The van der Waals surface area contributed by atoms with Gasteiger partial charge in [-0.15, -0.1) is 11.3 Å². The number of rotatable bonds is 2. The van der Waals surface area contributed by atoms with Crippen molar-refractivity contribution in [2.24, 2.45) is 5.73 Å². The third kappa shape index (κ3) is 2.46. The highest BCUT2D eigenvalue weighted by Crippen LogP contribution is 2.38. The number of hydrogen-bond donors (Lipinski definition) is 1. The highest BCUT2D eigenvalue weighted by Gasteiger charge is 2.25. The molecule has 1 aliphatic rings. The van der Waals surface area contributed by atoms with E-state index < -0.39 is 0 Å². The van der Waals surface area contributed by atoms with E-state index in [0.717, 1.165) is 10.8 Å². The monoisotopic (exact) mass is 276 g/mol. The fourth-order valence-electron chi connectivity index (χ4n) is 2.49. The van der Waals surface area contributed by atoms with E-state index in [-0.39, 0.29) is 6.04 Å². The van der Waals surface area contributed by atoms with Crippen LogP contribution in [0.3, 0.4) is 0 Å². The van der Waals surface area contributed by atoms with Gasteiger partial charge >= 0.3 is 0 Å². The van der Waals surface area contributed by atoms with Crippen molar-refractivity contribution >= 4 is 23.1 Å². The van der Waals surface area contributed by atoms with Crippen LogP contribution in [0.5, 0.6) is 0 Å². The molecule has 2 N–H and O–H groups in total. The molecule has 0 aliphatic heterocycles. The quantitative estimate of drug-likeness (QED) is 0.851. The van der Waals surface area contributed by atoms with Gasteiger partial charge in [-0.2, -0.15) is 0 Å². The van der Waals surface area contributed by atoms with Gasteiger partial charge in [0.1, 0.15) is 4.34 Å². The van der Waals surface area contributed by atoms with E-state index in [1.54, 1.807) is 11.3 Å². The molecular formula is C14H16N2S2. The molecule has 2 aromatic rings. The predicted octanol–water partition coefficient (Wildman–Crippen LogP) is 3.64. The lowest BCUT2D eigenvalue weighted by Gasteiger charge is -2.21. The maximum atomic E-state index is 6.46. The first kappa shape index (κ1) is 12.2. The first-order chi connectivity index (χ1) is 8.84. The summed E-state index contributed by atoms with van der Waals surface area (Å²) in [5, 5.41) is 2.47. The Morgan fingerprint density at radius 2 is 2.22 bits per heavy atom. The second-order valence-corrected chi connectivity index (χ2v) is 6.95. The number of thiazole rings is 1. The molecule has 2 unspecified atom stereocenters. The van der Waals surface area contributed by atoms with Gasteiger partial charge in [0.25, 0.3) is 0 Å². The van der Waals surface area contributed by atoms with Crippen molar-refractivity contribution in [1.29, 1.82) is 0 Å². The smallest absolute Gasteiger partial charge is 0.150 e. The van der Waals surface area contributed by atoms with E-state index in [2.05, 4.69) is 29.2 Å². The molecule has 1 heterocycles. The zero-order valence-corrected chi connectivity index (χ0v) is 11.7. The van der Waals surface area contributed by atoms with Crippen LogP contribution in [0.4, 0.5) is 0 Å². The largest absolute Gasteiger partial charge is 0.323 e. The van der Waals surface area contributed by atoms with Crippen LogP contribution in [0.2, 0.25) is 0 Å². The summed E-state index contributed by atoms with van der Waals surface area (Å²) < 4.78 is 1.13. The lowest BCUT2D eigenvalue weighted by Crippen LogP contribution is -2.23. The summed E-state index contributed by atoms with van der Waals surface area (Å²) in [6.07, 6.45) is 5.40. The minimum atomic E-state index is 0.123. The lowest BCUT2D eigenvalue weighted by atomic mass is 10.00. The van der Waals surface area contributed by atoms with Crippen molar-refractivity contribution in [2.75, 3.05) is 0 Å². The number of aromatic nitrogens is 1. The van der Waals surface area contributed by atoms with Gasteiger partial charge in [-0.25, -0.2) is 4.98 Å². The van der Waals surface area contributed by atoms with E-state index in [0.29, 0.717) is 5.25 Å². The summed E-state index contributed by atoms with van der Waals surface area (Å²) in [5.74, 6) is 0. The van der Waals surface area contributed by atoms with E-state index in [9.17, 15) is 0 Å². The van der Waals surface area contributed by atoms with Crippen LogP contribution >= 0.6 is 23.1 Å². The van der Waals surface area contributed by atoms with Crippen molar-refractivity contribution in [2.45, 2.75) is 34.9 Å². The Balaban J connectivity index is 1.85. The molecular weight excluding hydrogens is 260 g/mol. The third-order valence-electron chi connectivity index (χ3n) is 3.41. The molecule has 2 atom stereocenters. The predicted molar refractivity (Wildman–Crippen MR) is 78.1 cm³/mol. The molecule has 3 rings (SSSR count). The third-order valence-corrected chi connectivity index (χ3v) is 5.69. The standard InChI is InChI=1S/C14H16N2S2/c15-13-11-6-2-1-4-10(11)5-3-7-12(13)18-14-16-8-9-17-14/h1-2,4,6,8-9,12-13H,3,5,7,15H2. The zero-order valence-electron chi connectivity index (χ0n) is 10.1. The van der Waals surface area contributed by atoms with Crippen LogP contribution in [-0.2, 0) is 6.42 Å². The van der Waals surface area contributed by atoms with Gasteiger partial charge in [-0.3, -0.25) is 0 Å². The summed E-state index contributed by atoms with van der Waals surface area (Å²) in [6.45, 7) is 0. The number of fused-ring (bicyclic) bond motifs is 1. The van der Waals surface area contributed by atoms with Gasteiger partial charge in [-0.05, 0) is 30.4 Å². The second-order valence-electron chi connectivity index (χ2n) is 4.57. The number of hydrogen-bond acceptors (Lipinski definition) is 4. The van der Waals surface area contributed by atoms with Crippen LogP contribution in [0.15, 0.2) is 40.2 Å². The Morgan fingerprint density at radius 1 is 1.33 bits per heavy atom. The van der Waals surface area contributed by atoms with Crippen molar-refractivity contribution in [3.05, 3.63) is 47.0 Å². The van der Waals surface area contributed by atoms with Crippen molar-refractivity contribution in [3.8, 4) is 0 Å². The lowest BCUT2D eigenvalue weighted by molar-refractivity contribution is 0.632. The summed E-state index contributed by atoms with van der Waals surface area (Å²) in [4.78, 5) is 4.36. The second kappa shape index (κ2) is 5.43. The SMILES string of the molecule is NC1c2ccccc2CCCC1Sc1nccs1. The molecule has 0 saturated heterocycles. The Kier molecular flexibility index (Phi) is 3.68. The Bertz CT molecular complexity index is 510. The number of benzene rings is 1. The first-order valence-electron chi connectivity index (χ1n) is 6.24. The van der Waals surface area contributed by atoms with Gasteiger partial charge in [0.2, 0.25) is 0 Å². The molecule has 2 nitrogen and oxygen atoms in total.